The number of aryl methyl sites for hydroxylation is 1. The lowest BCUT2D eigenvalue weighted by Crippen LogP contribution is -2.38. The predicted molar refractivity (Wildman–Crippen MR) is 109 cm³/mol. The number of rotatable bonds is 7. The summed E-state index contributed by atoms with van der Waals surface area (Å²) in [6.45, 7) is 6.22. The van der Waals surface area contributed by atoms with E-state index < -0.39 is 0 Å². The Morgan fingerprint density at radius 2 is 2.00 bits per heavy atom. The zero-order valence-electron chi connectivity index (χ0n) is 16.1. The average molecular weight is 376 g/mol. The molecule has 144 valence electrons. The van der Waals surface area contributed by atoms with Crippen molar-refractivity contribution in [3.05, 3.63) is 66.2 Å². The topological polar surface area (TPSA) is 69.2 Å². The highest BCUT2D eigenvalue weighted by Gasteiger charge is 2.22. The Bertz CT molecular complexity index is 926. The summed E-state index contributed by atoms with van der Waals surface area (Å²) in [5.41, 5.74) is 4.00. The monoisotopic (exact) mass is 376 g/mol. The molecule has 4 rings (SSSR count). The van der Waals surface area contributed by atoms with Gasteiger partial charge in [0.1, 0.15) is 24.0 Å². The van der Waals surface area contributed by atoms with Gasteiger partial charge in [-0.1, -0.05) is 25.1 Å². The van der Waals surface area contributed by atoms with Gasteiger partial charge in [-0.3, -0.25) is 4.98 Å². The van der Waals surface area contributed by atoms with Crippen LogP contribution in [0.5, 0.6) is 5.75 Å². The Kier molecular flexibility index (Phi) is 5.48. The molecule has 0 saturated carbocycles. The van der Waals surface area contributed by atoms with E-state index in [1.807, 2.05) is 49.5 Å². The molecular formula is C22H24N4O2. The number of aromatic nitrogens is 3. The molecule has 0 bridgehead atoms. The first-order chi connectivity index (χ1) is 13.7. The van der Waals surface area contributed by atoms with Crippen LogP contribution >= 0.6 is 0 Å². The van der Waals surface area contributed by atoms with Crippen LogP contribution < -0.4 is 10.1 Å². The lowest BCUT2D eigenvalue weighted by Gasteiger charge is -2.28. The van der Waals surface area contributed by atoms with Gasteiger partial charge in [-0.2, -0.15) is 0 Å². The van der Waals surface area contributed by atoms with Crippen LogP contribution in [0.3, 0.4) is 0 Å². The maximum atomic E-state index is 6.06. The van der Waals surface area contributed by atoms with Crippen LogP contribution in [0.15, 0.2) is 55.0 Å². The summed E-state index contributed by atoms with van der Waals surface area (Å²) in [5.74, 6) is 1.99. The van der Waals surface area contributed by atoms with Gasteiger partial charge in [-0.25, -0.2) is 9.97 Å². The summed E-state index contributed by atoms with van der Waals surface area (Å²) >= 11 is 0. The Morgan fingerprint density at radius 3 is 2.75 bits per heavy atom. The molecule has 3 aromatic rings. The summed E-state index contributed by atoms with van der Waals surface area (Å²) in [6.07, 6.45) is 3.58. The van der Waals surface area contributed by atoms with Gasteiger partial charge in [0.05, 0.1) is 18.9 Å². The van der Waals surface area contributed by atoms with E-state index >= 15 is 0 Å². The predicted octanol–water partition coefficient (Wildman–Crippen LogP) is 3.84. The number of para-hydroxylation sites is 1. The van der Waals surface area contributed by atoms with Crippen molar-refractivity contribution in [3.63, 3.8) is 0 Å². The fraction of sp³-hybridized carbons (Fsp3) is 0.318. The second kappa shape index (κ2) is 8.35. The van der Waals surface area contributed by atoms with E-state index in [9.17, 15) is 0 Å². The van der Waals surface area contributed by atoms with Crippen molar-refractivity contribution < 1.29 is 9.47 Å². The minimum absolute atomic E-state index is 0.161. The number of nitrogens with zero attached hydrogens (tertiary/aromatic N) is 3. The van der Waals surface area contributed by atoms with Crippen LogP contribution in [0.1, 0.15) is 24.1 Å². The van der Waals surface area contributed by atoms with E-state index in [2.05, 4.69) is 33.3 Å². The minimum atomic E-state index is 0.161. The summed E-state index contributed by atoms with van der Waals surface area (Å²) in [4.78, 5) is 13.1. The van der Waals surface area contributed by atoms with Gasteiger partial charge < -0.3 is 14.8 Å². The second-order valence-electron chi connectivity index (χ2n) is 7.07. The van der Waals surface area contributed by atoms with Gasteiger partial charge >= 0.3 is 0 Å². The smallest absolute Gasteiger partial charge is 0.145 e. The Balaban J connectivity index is 1.43. The standard InChI is InChI=1S/C22H24N4O2/c1-15(19-5-3-4-6-21(19)28-18-12-27-13-18)10-24-22-9-20(25-14-26-22)17-8-7-16(2)23-11-17/h3-9,11,14-15,18H,10,12-13H2,1-2H3,(H,24,25,26). The molecule has 0 amide bonds. The van der Waals surface area contributed by atoms with Crippen molar-refractivity contribution in [1.82, 2.24) is 15.0 Å². The number of hydrogen-bond acceptors (Lipinski definition) is 6. The second-order valence-corrected chi connectivity index (χ2v) is 7.07. The first-order valence-corrected chi connectivity index (χ1v) is 9.51. The van der Waals surface area contributed by atoms with Crippen molar-refractivity contribution in [2.45, 2.75) is 25.9 Å². The van der Waals surface area contributed by atoms with Crippen molar-refractivity contribution in [2.24, 2.45) is 0 Å². The maximum Gasteiger partial charge on any atom is 0.145 e. The zero-order chi connectivity index (χ0) is 19.3. The fourth-order valence-corrected chi connectivity index (χ4v) is 3.06. The molecular weight excluding hydrogens is 352 g/mol. The molecule has 1 saturated heterocycles. The van der Waals surface area contributed by atoms with E-state index in [-0.39, 0.29) is 12.0 Å². The number of ether oxygens (including phenoxy) is 2. The van der Waals surface area contributed by atoms with Crippen molar-refractivity contribution >= 4 is 5.82 Å². The van der Waals surface area contributed by atoms with Gasteiger partial charge in [-0.15, -0.1) is 0 Å². The highest BCUT2D eigenvalue weighted by atomic mass is 16.6. The zero-order valence-corrected chi connectivity index (χ0v) is 16.1. The number of pyridine rings is 1. The molecule has 0 radical (unpaired) electrons. The maximum absolute atomic E-state index is 6.06. The van der Waals surface area contributed by atoms with Crippen LogP contribution in [0.4, 0.5) is 5.82 Å². The van der Waals surface area contributed by atoms with E-state index in [0.717, 1.165) is 35.1 Å². The van der Waals surface area contributed by atoms with Gasteiger partial charge in [-0.05, 0) is 30.7 Å². The molecule has 1 aliphatic heterocycles. The van der Waals surface area contributed by atoms with Crippen LogP contribution in [0, 0.1) is 6.92 Å². The molecule has 1 aromatic carbocycles. The van der Waals surface area contributed by atoms with Crippen LogP contribution in [-0.2, 0) is 4.74 Å². The molecule has 1 atom stereocenters. The lowest BCUT2D eigenvalue weighted by atomic mass is 10.00. The molecule has 1 fully saturated rings. The first kappa shape index (κ1) is 18.4. The van der Waals surface area contributed by atoms with Gasteiger partial charge in [0, 0.05) is 36.0 Å². The summed E-state index contributed by atoms with van der Waals surface area (Å²) in [5, 5.41) is 3.42. The Morgan fingerprint density at radius 1 is 1.14 bits per heavy atom. The molecule has 1 N–H and O–H groups in total. The summed E-state index contributed by atoms with van der Waals surface area (Å²) in [7, 11) is 0. The Labute approximate surface area is 165 Å². The van der Waals surface area contributed by atoms with Crippen LogP contribution in [0.2, 0.25) is 0 Å². The molecule has 6 nitrogen and oxygen atoms in total. The third-order valence-corrected chi connectivity index (χ3v) is 4.81. The van der Waals surface area contributed by atoms with E-state index in [4.69, 9.17) is 9.47 Å². The van der Waals surface area contributed by atoms with Crippen LogP contribution in [-0.4, -0.2) is 40.8 Å². The molecule has 6 heteroatoms. The van der Waals surface area contributed by atoms with E-state index in [1.54, 1.807) is 6.33 Å². The van der Waals surface area contributed by atoms with Crippen molar-refractivity contribution in [2.75, 3.05) is 25.1 Å². The summed E-state index contributed by atoms with van der Waals surface area (Å²) < 4.78 is 11.3. The van der Waals surface area contributed by atoms with Gasteiger partial charge in [0.2, 0.25) is 0 Å². The molecule has 1 unspecified atom stereocenters. The number of hydrogen-bond donors (Lipinski definition) is 1. The quantitative estimate of drug-likeness (QED) is 0.676. The van der Waals surface area contributed by atoms with E-state index in [0.29, 0.717) is 13.2 Å². The molecule has 0 aliphatic carbocycles. The SMILES string of the molecule is Cc1ccc(-c2cc(NCC(C)c3ccccc3OC3COC3)ncn2)cn1. The number of anilines is 1. The van der Waals surface area contributed by atoms with Crippen molar-refractivity contribution in [1.29, 1.82) is 0 Å². The van der Waals surface area contributed by atoms with Crippen LogP contribution in [0.25, 0.3) is 11.3 Å². The molecule has 0 spiro atoms. The highest BCUT2D eigenvalue weighted by molar-refractivity contribution is 5.61. The molecule has 2 aromatic heterocycles. The largest absolute Gasteiger partial charge is 0.485 e. The van der Waals surface area contributed by atoms with Crippen molar-refractivity contribution in [3.8, 4) is 17.0 Å². The molecule has 3 heterocycles. The number of benzene rings is 1. The third kappa shape index (κ3) is 4.28. The normalized spacial score (nSPS) is 14.9. The Hall–Kier alpha value is -2.99. The summed E-state index contributed by atoms with van der Waals surface area (Å²) in [6, 6.07) is 14.1. The minimum Gasteiger partial charge on any atom is -0.485 e. The molecule has 28 heavy (non-hydrogen) atoms. The third-order valence-electron chi connectivity index (χ3n) is 4.81. The van der Waals surface area contributed by atoms with Gasteiger partial charge in [0.25, 0.3) is 0 Å². The van der Waals surface area contributed by atoms with Gasteiger partial charge in [0.15, 0.2) is 0 Å². The fourth-order valence-electron chi connectivity index (χ4n) is 3.06. The highest BCUT2D eigenvalue weighted by Crippen LogP contribution is 2.28. The molecule has 1 aliphatic rings. The number of nitrogens with one attached hydrogen (secondary N) is 1. The first-order valence-electron chi connectivity index (χ1n) is 9.51. The lowest BCUT2D eigenvalue weighted by molar-refractivity contribution is -0.0800. The average Bonchev–Trinajstić information content (AvgIpc) is 2.70. The van der Waals surface area contributed by atoms with E-state index in [1.165, 1.54) is 5.56 Å².